The lowest BCUT2D eigenvalue weighted by molar-refractivity contribution is -0.136. The first-order valence-corrected chi connectivity index (χ1v) is 8.71. The van der Waals surface area contributed by atoms with Crippen molar-refractivity contribution in [1.82, 2.24) is 9.80 Å². The van der Waals surface area contributed by atoms with E-state index in [4.69, 9.17) is 0 Å². The van der Waals surface area contributed by atoms with Gasteiger partial charge in [-0.1, -0.05) is 24.3 Å². The van der Waals surface area contributed by atoms with Crippen LogP contribution in [-0.2, 0) is 11.3 Å². The third kappa shape index (κ3) is 2.91. The molecule has 1 amide bonds. The van der Waals surface area contributed by atoms with Crippen LogP contribution in [0.15, 0.2) is 24.3 Å². The second-order valence-corrected chi connectivity index (χ2v) is 6.97. The summed E-state index contributed by atoms with van der Waals surface area (Å²) in [5.74, 6) is 0.424. The predicted molar refractivity (Wildman–Crippen MR) is 89.6 cm³/mol. The Morgan fingerprint density at radius 1 is 1.09 bits per heavy atom. The van der Waals surface area contributed by atoms with Crippen molar-refractivity contribution in [2.45, 2.75) is 46.1 Å². The number of rotatable bonds is 3. The molecule has 1 aromatic carbocycles. The molecule has 2 saturated heterocycles. The molecule has 0 aliphatic carbocycles. The number of carbonyl (C=O) groups is 1. The first-order valence-electron chi connectivity index (χ1n) is 8.71. The molecular formula is C19H28N2O. The summed E-state index contributed by atoms with van der Waals surface area (Å²) < 4.78 is 0. The molecule has 2 heterocycles. The maximum absolute atomic E-state index is 12.7. The van der Waals surface area contributed by atoms with Gasteiger partial charge in [-0.15, -0.1) is 0 Å². The van der Waals surface area contributed by atoms with Gasteiger partial charge in [-0.2, -0.15) is 0 Å². The van der Waals surface area contributed by atoms with Crippen LogP contribution in [0.2, 0.25) is 0 Å². The number of amides is 1. The van der Waals surface area contributed by atoms with Gasteiger partial charge in [0.1, 0.15) is 0 Å². The number of benzene rings is 1. The van der Waals surface area contributed by atoms with Crippen LogP contribution in [0.3, 0.4) is 0 Å². The average Bonchev–Trinajstić information content (AvgIpc) is 2.70. The van der Waals surface area contributed by atoms with E-state index in [1.807, 2.05) is 0 Å². The van der Waals surface area contributed by atoms with Crippen molar-refractivity contribution in [3.63, 3.8) is 0 Å². The van der Waals surface area contributed by atoms with E-state index in [1.165, 1.54) is 11.1 Å². The number of carbonyl (C=O) groups excluding carboxylic acids is 1. The van der Waals surface area contributed by atoms with Gasteiger partial charge >= 0.3 is 0 Å². The van der Waals surface area contributed by atoms with Crippen molar-refractivity contribution in [1.29, 1.82) is 0 Å². The van der Waals surface area contributed by atoms with E-state index in [0.29, 0.717) is 5.91 Å². The van der Waals surface area contributed by atoms with Gasteiger partial charge in [0.05, 0.1) is 5.41 Å². The van der Waals surface area contributed by atoms with Crippen LogP contribution < -0.4 is 0 Å². The SMILES string of the molecule is CCN1CC[C@]2(CCCN(Cc3ccccc3C)CC2)C1=O. The summed E-state index contributed by atoms with van der Waals surface area (Å²) >= 11 is 0. The maximum Gasteiger partial charge on any atom is 0.228 e. The van der Waals surface area contributed by atoms with Gasteiger partial charge in [0.2, 0.25) is 5.91 Å². The number of aryl methyl sites for hydroxylation is 1. The summed E-state index contributed by atoms with van der Waals surface area (Å²) in [6.07, 6.45) is 4.33. The van der Waals surface area contributed by atoms with Gasteiger partial charge in [0, 0.05) is 19.6 Å². The Balaban J connectivity index is 1.66. The fraction of sp³-hybridized carbons (Fsp3) is 0.632. The number of nitrogens with zero attached hydrogens (tertiary/aromatic N) is 2. The van der Waals surface area contributed by atoms with Crippen LogP contribution in [0, 0.1) is 12.3 Å². The maximum atomic E-state index is 12.7. The van der Waals surface area contributed by atoms with Crippen LogP contribution >= 0.6 is 0 Å². The highest BCUT2D eigenvalue weighted by Crippen LogP contribution is 2.41. The van der Waals surface area contributed by atoms with E-state index in [-0.39, 0.29) is 5.41 Å². The van der Waals surface area contributed by atoms with Gasteiger partial charge < -0.3 is 4.90 Å². The van der Waals surface area contributed by atoms with Gasteiger partial charge in [-0.25, -0.2) is 0 Å². The second kappa shape index (κ2) is 6.41. The first-order chi connectivity index (χ1) is 10.6. The zero-order valence-corrected chi connectivity index (χ0v) is 14.0. The Kier molecular flexibility index (Phi) is 4.53. The molecule has 0 N–H and O–H groups in total. The Morgan fingerprint density at radius 3 is 2.59 bits per heavy atom. The molecule has 1 atom stereocenters. The highest BCUT2D eigenvalue weighted by molar-refractivity contribution is 5.84. The minimum absolute atomic E-state index is 0.0451. The summed E-state index contributed by atoms with van der Waals surface area (Å²) in [4.78, 5) is 17.3. The van der Waals surface area contributed by atoms with Crippen LogP contribution in [0.1, 0.15) is 43.7 Å². The number of likely N-dealkylation sites (tertiary alicyclic amines) is 2. The van der Waals surface area contributed by atoms with E-state index in [9.17, 15) is 4.79 Å². The Morgan fingerprint density at radius 2 is 1.86 bits per heavy atom. The molecule has 0 saturated carbocycles. The zero-order chi connectivity index (χ0) is 15.6. The average molecular weight is 300 g/mol. The molecule has 3 rings (SSSR count). The van der Waals surface area contributed by atoms with Crippen molar-refractivity contribution in [2.75, 3.05) is 26.2 Å². The smallest absolute Gasteiger partial charge is 0.228 e. The highest BCUT2D eigenvalue weighted by Gasteiger charge is 2.46. The van der Waals surface area contributed by atoms with E-state index < -0.39 is 0 Å². The standard InChI is InChI=1S/C19H28N2O/c1-3-21-14-11-19(18(21)22)9-6-12-20(13-10-19)15-17-8-5-4-7-16(17)2/h4-5,7-8H,3,6,9-15H2,1-2H3/t19-/m1/s1. The minimum atomic E-state index is -0.0451. The first kappa shape index (κ1) is 15.5. The lowest BCUT2D eigenvalue weighted by Crippen LogP contribution is -2.35. The summed E-state index contributed by atoms with van der Waals surface area (Å²) in [5, 5.41) is 0. The van der Waals surface area contributed by atoms with Crippen LogP contribution in [0.25, 0.3) is 0 Å². The summed E-state index contributed by atoms with van der Waals surface area (Å²) in [6, 6.07) is 8.65. The fourth-order valence-electron chi connectivity index (χ4n) is 4.09. The van der Waals surface area contributed by atoms with Gasteiger partial charge in [-0.3, -0.25) is 9.69 Å². The van der Waals surface area contributed by atoms with Crippen molar-refractivity contribution in [2.24, 2.45) is 5.41 Å². The van der Waals surface area contributed by atoms with Crippen LogP contribution in [-0.4, -0.2) is 41.9 Å². The lowest BCUT2D eigenvalue weighted by atomic mass is 9.79. The van der Waals surface area contributed by atoms with Crippen LogP contribution in [0.4, 0.5) is 0 Å². The van der Waals surface area contributed by atoms with Crippen molar-refractivity contribution in [3.05, 3.63) is 35.4 Å². The summed E-state index contributed by atoms with van der Waals surface area (Å²) in [5.41, 5.74) is 2.75. The van der Waals surface area contributed by atoms with Crippen molar-refractivity contribution in [3.8, 4) is 0 Å². The molecule has 0 bridgehead atoms. The Hall–Kier alpha value is -1.35. The van der Waals surface area contributed by atoms with Gasteiger partial charge in [0.15, 0.2) is 0 Å². The second-order valence-electron chi connectivity index (χ2n) is 6.97. The molecular weight excluding hydrogens is 272 g/mol. The quantitative estimate of drug-likeness (QED) is 0.856. The predicted octanol–water partition coefficient (Wildman–Crippen LogP) is 3.22. The van der Waals surface area contributed by atoms with Crippen molar-refractivity contribution >= 4 is 5.91 Å². The third-order valence-electron chi connectivity index (χ3n) is 5.67. The third-order valence-corrected chi connectivity index (χ3v) is 5.67. The molecule has 1 spiro atoms. The highest BCUT2D eigenvalue weighted by atomic mass is 16.2. The molecule has 0 radical (unpaired) electrons. The lowest BCUT2D eigenvalue weighted by Gasteiger charge is -2.26. The van der Waals surface area contributed by atoms with E-state index in [1.54, 1.807) is 0 Å². The monoisotopic (exact) mass is 300 g/mol. The minimum Gasteiger partial charge on any atom is -0.342 e. The molecule has 2 aliphatic heterocycles. The largest absolute Gasteiger partial charge is 0.342 e. The molecule has 3 heteroatoms. The van der Waals surface area contributed by atoms with Gasteiger partial charge in [0.25, 0.3) is 0 Å². The summed E-state index contributed by atoms with van der Waals surface area (Å²) in [6.45, 7) is 9.31. The fourth-order valence-corrected chi connectivity index (χ4v) is 4.09. The Labute approximate surface area is 134 Å². The van der Waals surface area contributed by atoms with E-state index in [2.05, 4.69) is 47.9 Å². The number of hydrogen-bond donors (Lipinski definition) is 0. The zero-order valence-electron chi connectivity index (χ0n) is 14.0. The molecule has 2 fully saturated rings. The molecule has 0 aromatic heterocycles. The topological polar surface area (TPSA) is 23.6 Å². The molecule has 1 aromatic rings. The van der Waals surface area contributed by atoms with E-state index in [0.717, 1.165) is 58.4 Å². The van der Waals surface area contributed by atoms with E-state index >= 15 is 0 Å². The molecule has 2 aliphatic rings. The van der Waals surface area contributed by atoms with Crippen molar-refractivity contribution < 1.29 is 4.79 Å². The summed E-state index contributed by atoms with van der Waals surface area (Å²) in [7, 11) is 0. The Bertz CT molecular complexity index is 542. The van der Waals surface area contributed by atoms with Crippen LogP contribution in [0.5, 0.6) is 0 Å². The molecule has 22 heavy (non-hydrogen) atoms. The molecule has 0 unspecified atom stereocenters. The molecule has 3 nitrogen and oxygen atoms in total. The number of hydrogen-bond acceptors (Lipinski definition) is 2. The molecule has 120 valence electrons. The van der Waals surface area contributed by atoms with Gasteiger partial charge in [-0.05, 0) is 63.7 Å². The normalized spacial score (nSPS) is 26.6.